The van der Waals surface area contributed by atoms with Gasteiger partial charge in [-0.2, -0.15) is 13.2 Å². The summed E-state index contributed by atoms with van der Waals surface area (Å²) < 4.78 is 56.4. The number of nitrogens with zero attached hydrogens (tertiary/aromatic N) is 2. The molecule has 0 spiro atoms. The molecule has 0 fully saturated rings. The number of thiophene rings is 1. The van der Waals surface area contributed by atoms with Crippen LogP contribution in [-0.4, -0.2) is 28.1 Å². The summed E-state index contributed by atoms with van der Waals surface area (Å²) >= 11 is 1.29. The van der Waals surface area contributed by atoms with E-state index in [4.69, 9.17) is 14.2 Å². The predicted octanol–water partition coefficient (Wildman–Crippen LogP) is 7.05. The molecule has 1 unspecified atom stereocenters. The number of para-hydroxylation sites is 1. The Kier molecular flexibility index (Phi) is 8.54. The van der Waals surface area contributed by atoms with E-state index in [0.29, 0.717) is 16.4 Å². The molecule has 0 aliphatic carbocycles. The van der Waals surface area contributed by atoms with Gasteiger partial charge in [0.15, 0.2) is 5.82 Å². The lowest BCUT2D eigenvalue weighted by Gasteiger charge is -2.28. The fraction of sp³-hybridized carbons (Fsp3) is 0.276. The SMILES string of the molecule is CCOC(=O)C(C)(Cc1ccc(OCc2sc(-c3nccc(C(F)(F)F)n3)cc2C)cc1)Oc1ccccc1. The van der Waals surface area contributed by atoms with Crippen molar-refractivity contribution < 1.29 is 32.2 Å². The van der Waals surface area contributed by atoms with E-state index in [1.54, 1.807) is 44.2 Å². The molecule has 10 heteroatoms. The lowest BCUT2D eigenvalue weighted by Crippen LogP contribution is -2.45. The number of carbonyl (C=O) groups excluding carboxylic acids is 1. The lowest BCUT2D eigenvalue weighted by atomic mass is 9.96. The maximum atomic E-state index is 13.0. The molecule has 2 heterocycles. The Labute approximate surface area is 228 Å². The summed E-state index contributed by atoms with van der Waals surface area (Å²) in [7, 11) is 0. The number of halogens is 3. The fourth-order valence-corrected chi connectivity index (χ4v) is 4.86. The van der Waals surface area contributed by atoms with E-state index in [-0.39, 0.29) is 25.5 Å². The molecule has 0 N–H and O–H groups in total. The number of esters is 1. The number of carbonyl (C=O) groups is 1. The fourth-order valence-electron chi connectivity index (χ4n) is 3.83. The summed E-state index contributed by atoms with van der Waals surface area (Å²) in [6.45, 7) is 5.78. The zero-order chi connectivity index (χ0) is 28.0. The molecule has 39 heavy (non-hydrogen) atoms. The van der Waals surface area contributed by atoms with Crippen LogP contribution in [0.15, 0.2) is 72.9 Å². The van der Waals surface area contributed by atoms with Crippen LogP contribution in [0, 0.1) is 6.92 Å². The summed E-state index contributed by atoms with van der Waals surface area (Å²) in [4.78, 5) is 21.8. The Balaban J connectivity index is 1.43. The van der Waals surface area contributed by atoms with Crippen molar-refractivity contribution in [3.63, 3.8) is 0 Å². The Morgan fingerprint density at radius 3 is 2.38 bits per heavy atom. The van der Waals surface area contributed by atoms with Gasteiger partial charge in [0.1, 0.15) is 23.8 Å². The molecule has 204 valence electrons. The van der Waals surface area contributed by atoms with Gasteiger partial charge < -0.3 is 14.2 Å². The number of rotatable bonds is 10. The third kappa shape index (κ3) is 7.14. The van der Waals surface area contributed by atoms with Gasteiger partial charge in [-0.25, -0.2) is 14.8 Å². The predicted molar refractivity (Wildman–Crippen MR) is 142 cm³/mol. The standard InChI is InChI=1S/C29H27F3N2O4S/c1-4-36-27(35)28(3,38-22-8-6-5-7-9-22)17-20-10-12-21(13-11-20)37-18-24-19(2)16-23(39-24)26-33-15-14-25(34-26)29(30,31)32/h5-16H,4,17-18H2,1-3H3. The van der Waals surface area contributed by atoms with E-state index in [9.17, 15) is 18.0 Å². The Morgan fingerprint density at radius 1 is 1.00 bits per heavy atom. The average Bonchev–Trinajstić information content (AvgIpc) is 3.29. The van der Waals surface area contributed by atoms with Crippen LogP contribution in [0.2, 0.25) is 0 Å². The molecular weight excluding hydrogens is 529 g/mol. The van der Waals surface area contributed by atoms with Crippen molar-refractivity contribution in [3.8, 4) is 22.2 Å². The summed E-state index contributed by atoms with van der Waals surface area (Å²) in [5.41, 5.74) is -0.485. The van der Waals surface area contributed by atoms with E-state index < -0.39 is 23.4 Å². The highest BCUT2D eigenvalue weighted by Gasteiger charge is 2.38. The molecule has 4 rings (SSSR count). The van der Waals surface area contributed by atoms with Gasteiger partial charge in [0, 0.05) is 17.5 Å². The summed E-state index contributed by atoms with van der Waals surface area (Å²) in [5.74, 6) is 0.735. The third-order valence-corrected chi connectivity index (χ3v) is 7.02. The molecule has 0 aliphatic heterocycles. The second-order valence-corrected chi connectivity index (χ2v) is 10.1. The number of aromatic nitrogens is 2. The van der Waals surface area contributed by atoms with Crippen molar-refractivity contribution in [3.05, 3.63) is 94.6 Å². The van der Waals surface area contributed by atoms with Gasteiger partial charge in [0.25, 0.3) is 0 Å². The quantitative estimate of drug-likeness (QED) is 0.195. The molecule has 0 aliphatic rings. The number of alkyl halides is 3. The Bertz CT molecular complexity index is 1410. The van der Waals surface area contributed by atoms with Gasteiger partial charge in [-0.3, -0.25) is 0 Å². The minimum Gasteiger partial charge on any atom is -0.488 e. The largest absolute Gasteiger partial charge is 0.488 e. The van der Waals surface area contributed by atoms with Crippen molar-refractivity contribution in [2.45, 2.75) is 45.6 Å². The molecule has 0 radical (unpaired) electrons. The first kappa shape index (κ1) is 28.1. The van der Waals surface area contributed by atoms with E-state index in [0.717, 1.165) is 28.3 Å². The molecule has 0 saturated carbocycles. The smallest absolute Gasteiger partial charge is 0.433 e. The highest BCUT2D eigenvalue weighted by molar-refractivity contribution is 7.15. The van der Waals surface area contributed by atoms with Gasteiger partial charge in [0.05, 0.1) is 11.5 Å². The summed E-state index contributed by atoms with van der Waals surface area (Å²) in [5, 5.41) is 0. The van der Waals surface area contributed by atoms with Crippen molar-refractivity contribution in [1.29, 1.82) is 0 Å². The molecule has 2 aromatic heterocycles. The van der Waals surface area contributed by atoms with Crippen molar-refractivity contribution >= 4 is 17.3 Å². The van der Waals surface area contributed by atoms with Crippen LogP contribution in [0.5, 0.6) is 11.5 Å². The maximum Gasteiger partial charge on any atom is 0.433 e. The van der Waals surface area contributed by atoms with Gasteiger partial charge in [-0.1, -0.05) is 30.3 Å². The van der Waals surface area contributed by atoms with Crippen LogP contribution < -0.4 is 9.47 Å². The van der Waals surface area contributed by atoms with Crippen molar-refractivity contribution in [2.75, 3.05) is 6.61 Å². The molecule has 0 saturated heterocycles. The van der Waals surface area contributed by atoms with Crippen LogP contribution in [0.25, 0.3) is 10.7 Å². The summed E-state index contributed by atoms with van der Waals surface area (Å²) in [6.07, 6.45) is -3.15. The van der Waals surface area contributed by atoms with Crippen LogP contribution >= 0.6 is 11.3 Å². The second-order valence-electron chi connectivity index (χ2n) is 8.96. The van der Waals surface area contributed by atoms with Gasteiger partial charge >= 0.3 is 12.1 Å². The van der Waals surface area contributed by atoms with Gasteiger partial charge in [-0.05, 0) is 68.3 Å². The number of ether oxygens (including phenoxy) is 3. The number of aryl methyl sites for hydroxylation is 1. The highest BCUT2D eigenvalue weighted by Crippen LogP contribution is 2.33. The van der Waals surface area contributed by atoms with E-state index in [2.05, 4.69) is 9.97 Å². The van der Waals surface area contributed by atoms with Gasteiger partial charge in [0.2, 0.25) is 5.60 Å². The third-order valence-electron chi connectivity index (χ3n) is 5.82. The summed E-state index contributed by atoms with van der Waals surface area (Å²) in [6, 6.07) is 19.0. The van der Waals surface area contributed by atoms with Crippen molar-refractivity contribution in [1.82, 2.24) is 9.97 Å². The normalized spacial score (nSPS) is 13.0. The van der Waals surface area contributed by atoms with Crippen LogP contribution in [0.1, 0.15) is 35.5 Å². The molecule has 0 amide bonds. The van der Waals surface area contributed by atoms with Crippen LogP contribution in [-0.2, 0) is 28.7 Å². The van der Waals surface area contributed by atoms with E-state index in [1.807, 2.05) is 37.3 Å². The van der Waals surface area contributed by atoms with Crippen LogP contribution in [0.3, 0.4) is 0 Å². The first-order chi connectivity index (χ1) is 18.6. The molecular formula is C29H27F3N2O4S. The molecule has 1 atom stereocenters. The monoisotopic (exact) mass is 556 g/mol. The molecule has 2 aromatic carbocycles. The topological polar surface area (TPSA) is 70.5 Å². The van der Waals surface area contributed by atoms with Gasteiger partial charge in [-0.15, -0.1) is 11.3 Å². The van der Waals surface area contributed by atoms with E-state index in [1.165, 1.54) is 11.3 Å². The minimum atomic E-state index is -4.54. The molecule has 4 aromatic rings. The Morgan fingerprint density at radius 2 is 1.72 bits per heavy atom. The minimum absolute atomic E-state index is 0.0240. The molecule has 6 nitrogen and oxygen atoms in total. The first-order valence-corrected chi connectivity index (χ1v) is 13.0. The number of benzene rings is 2. The number of hydrogen-bond acceptors (Lipinski definition) is 7. The van der Waals surface area contributed by atoms with Crippen molar-refractivity contribution in [2.24, 2.45) is 0 Å². The van der Waals surface area contributed by atoms with E-state index >= 15 is 0 Å². The number of hydrogen-bond donors (Lipinski definition) is 0. The maximum absolute atomic E-state index is 13.0. The zero-order valence-corrected chi connectivity index (χ0v) is 22.4. The first-order valence-electron chi connectivity index (χ1n) is 12.2. The highest BCUT2D eigenvalue weighted by atomic mass is 32.1. The lowest BCUT2D eigenvalue weighted by molar-refractivity contribution is -0.160. The van der Waals surface area contributed by atoms with Crippen LogP contribution in [0.4, 0.5) is 13.2 Å². The molecule has 0 bridgehead atoms. The average molecular weight is 557 g/mol. The Hall–Kier alpha value is -3.92. The zero-order valence-electron chi connectivity index (χ0n) is 21.6. The second kappa shape index (κ2) is 11.9.